The van der Waals surface area contributed by atoms with E-state index in [4.69, 9.17) is 4.74 Å². The molecule has 0 N–H and O–H groups in total. The highest BCUT2D eigenvalue weighted by molar-refractivity contribution is 8.13. The number of hydrogen-bond acceptors (Lipinski definition) is 4. The van der Waals surface area contributed by atoms with Crippen molar-refractivity contribution in [2.24, 2.45) is 0 Å². The van der Waals surface area contributed by atoms with E-state index in [2.05, 4.69) is 24.3 Å². The number of benzene rings is 2. The van der Waals surface area contributed by atoms with Crippen LogP contribution in [-0.2, 0) is 14.3 Å². The molecule has 0 aliphatic carbocycles. The molecule has 0 heterocycles. The molecule has 1 unspecified atom stereocenters. The Bertz CT molecular complexity index is 665. The molecule has 0 radical (unpaired) electrons. The number of rotatable bonds is 7. The molecule has 2 aromatic rings. The minimum absolute atomic E-state index is 0.0308. The van der Waals surface area contributed by atoms with Crippen LogP contribution in [0.25, 0.3) is 11.1 Å². The monoisotopic (exact) mass is 342 g/mol. The van der Waals surface area contributed by atoms with E-state index in [1.165, 1.54) is 11.8 Å². The molecule has 0 bridgehead atoms. The van der Waals surface area contributed by atoms with Crippen LogP contribution in [0.2, 0.25) is 0 Å². The van der Waals surface area contributed by atoms with Gasteiger partial charge in [0.15, 0.2) is 5.12 Å². The Balaban J connectivity index is 2.11. The summed E-state index contributed by atoms with van der Waals surface area (Å²) in [7, 11) is 0. The second-order valence-electron chi connectivity index (χ2n) is 5.43. The minimum atomic E-state index is -0.215. The molecule has 126 valence electrons. The Morgan fingerprint density at radius 1 is 1.00 bits per heavy atom. The van der Waals surface area contributed by atoms with Crippen molar-refractivity contribution >= 4 is 22.8 Å². The van der Waals surface area contributed by atoms with Crippen LogP contribution < -0.4 is 0 Å². The molecule has 3 nitrogen and oxygen atoms in total. The third kappa shape index (κ3) is 5.53. The van der Waals surface area contributed by atoms with Crippen molar-refractivity contribution in [3.63, 3.8) is 0 Å². The van der Waals surface area contributed by atoms with Crippen molar-refractivity contribution in [1.29, 1.82) is 0 Å². The Labute approximate surface area is 147 Å². The Hall–Kier alpha value is -2.07. The van der Waals surface area contributed by atoms with E-state index >= 15 is 0 Å². The van der Waals surface area contributed by atoms with Gasteiger partial charge < -0.3 is 4.74 Å². The van der Waals surface area contributed by atoms with E-state index in [0.29, 0.717) is 19.4 Å². The summed E-state index contributed by atoms with van der Waals surface area (Å²) in [4.78, 5) is 23.1. The van der Waals surface area contributed by atoms with Crippen LogP contribution in [0.5, 0.6) is 0 Å². The van der Waals surface area contributed by atoms with Crippen molar-refractivity contribution in [1.82, 2.24) is 0 Å². The van der Waals surface area contributed by atoms with Gasteiger partial charge in [0.25, 0.3) is 0 Å². The summed E-state index contributed by atoms with van der Waals surface area (Å²) in [5, 5.41) is 0.0210. The third-order valence-corrected chi connectivity index (χ3v) is 4.74. The fraction of sp³-hybridized carbons (Fsp3) is 0.300. The summed E-state index contributed by atoms with van der Waals surface area (Å²) in [6, 6.07) is 18.3. The summed E-state index contributed by atoms with van der Waals surface area (Å²) in [5.41, 5.74) is 3.35. The van der Waals surface area contributed by atoms with Gasteiger partial charge in [0.1, 0.15) is 0 Å². The highest BCUT2D eigenvalue weighted by atomic mass is 32.2. The maximum Gasteiger partial charge on any atom is 0.305 e. The Morgan fingerprint density at radius 3 is 2.21 bits per heavy atom. The van der Waals surface area contributed by atoms with E-state index in [9.17, 15) is 9.59 Å². The molecule has 0 spiro atoms. The topological polar surface area (TPSA) is 43.4 Å². The normalized spacial score (nSPS) is 11.8. The van der Waals surface area contributed by atoms with Gasteiger partial charge in [0, 0.05) is 18.6 Å². The van der Waals surface area contributed by atoms with Crippen molar-refractivity contribution in [3.8, 4) is 11.1 Å². The van der Waals surface area contributed by atoms with Crippen LogP contribution >= 0.6 is 11.8 Å². The summed E-state index contributed by atoms with van der Waals surface area (Å²) in [5.74, 6) is -0.215. The summed E-state index contributed by atoms with van der Waals surface area (Å²) in [6.07, 6.45) is 0.910. The lowest BCUT2D eigenvalue weighted by Crippen LogP contribution is -2.07. The van der Waals surface area contributed by atoms with Crippen molar-refractivity contribution in [2.75, 3.05) is 6.61 Å². The fourth-order valence-electron chi connectivity index (χ4n) is 2.50. The predicted octanol–water partition coefficient (Wildman–Crippen LogP) is 5.02. The maximum absolute atomic E-state index is 11.6. The highest BCUT2D eigenvalue weighted by Crippen LogP contribution is 2.34. The maximum atomic E-state index is 11.6. The molecule has 1 atom stereocenters. The average Bonchev–Trinajstić information content (AvgIpc) is 2.59. The van der Waals surface area contributed by atoms with Crippen LogP contribution in [0.4, 0.5) is 0 Å². The van der Waals surface area contributed by atoms with Crippen LogP contribution in [0, 0.1) is 0 Å². The first-order valence-electron chi connectivity index (χ1n) is 8.08. The van der Waals surface area contributed by atoms with Crippen molar-refractivity contribution in [3.05, 3.63) is 60.2 Å². The van der Waals surface area contributed by atoms with E-state index in [0.717, 1.165) is 16.7 Å². The summed E-state index contributed by atoms with van der Waals surface area (Å²) >= 11 is 1.27. The first kappa shape index (κ1) is 18.3. The molecular formula is C20H22O3S. The number of carbonyl (C=O) groups excluding carboxylic acids is 2. The average molecular weight is 342 g/mol. The number of carbonyl (C=O) groups is 2. The van der Waals surface area contributed by atoms with Crippen LogP contribution in [-0.4, -0.2) is 17.7 Å². The zero-order valence-electron chi connectivity index (χ0n) is 14.0. The van der Waals surface area contributed by atoms with Gasteiger partial charge in [-0.2, -0.15) is 0 Å². The molecule has 0 aliphatic heterocycles. The van der Waals surface area contributed by atoms with E-state index < -0.39 is 0 Å². The third-order valence-electron chi connectivity index (χ3n) is 3.61. The number of ether oxygens (including phenoxy) is 1. The predicted molar refractivity (Wildman–Crippen MR) is 98.8 cm³/mol. The molecule has 2 rings (SSSR count). The summed E-state index contributed by atoms with van der Waals surface area (Å²) in [6.45, 7) is 3.73. The quantitative estimate of drug-likeness (QED) is 0.663. The van der Waals surface area contributed by atoms with E-state index in [-0.39, 0.29) is 16.3 Å². The molecule has 0 saturated carbocycles. The SMILES string of the molecule is CCOC(=O)CCC(SC(C)=O)c1ccc(-c2ccccc2)cc1. The smallest absolute Gasteiger partial charge is 0.305 e. The molecular weight excluding hydrogens is 320 g/mol. The number of hydrogen-bond donors (Lipinski definition) is 0. The largest absolute Gasteiger partial charge is 0.466 e. The Morgan fingerprint density at radius 2 is 1.62 bits per heavy atom. The van der Waals surface area contributed by atoms with Gasteiger partial charge in [-0.25, -0.2) is 0 Å². The lowest BCUT2D eigenvalue weighted by atomic mass is 10.0. The molecule has 2 aromatic carbocycles. The fourth-order valence-corrected chi connectivity index (χ4v) is 3.43. The molecule has 0 fully saturated rings. The van der Waals surface area contributed by atoms with Gasteiger partial charge in [0.2, 0.25) is 0 Å². The van der Waals surface area contributed by atoms with E-state index in [1.54, 1.807) is 13.8 Å². The standard InChI is InChI=1S/C20H22O3S/c1-3-23-20(22)14-13-19(24-15(2)21)18-11-9-17(10-12-18)16-7-5-4-6-8-16/h4-12,19H,3,13-14H2,1-2H3. The molecule has 0 aliphatic rings. The van der Waals surface area contributed by atoms with Crippen LogP contribution in [0.1, 0.15) is 37.5 Å². The van der Waals surface area contributed by atoms with Gasteiger partial charge in [-0.3, -0.25) is 9.59 Å². The van der Waals surface area contributed by atoms with Crippen molar-refractivity contribution in [2.45, 2.75) is 31.9 Å². The lowest BCUT2D eigenvalue weighted by molar-refractivity contribution is -0.143. The minimum Gasteiger partial charge on any atom is -0.466 e. The molecule has 4 heteroatoms. The molecule has 0 aromatic heterocycles. The zero-order valence-corrected chi connectivity index (χ0v) is 14.8. The second kappa shape index (κ2) is 9.28. The van der Waals surface area contributed by atoms with Gasteiger partial charge >= 0.3 is 5.97 Å². The van der Waals surface area contributed by atoms with Crippen molar-refractivity contribution < 1.29 is 14.3 Å². The van der Waals surface area contributed by atoms with Gasteiger partial charge in [-0.05, 0) is 30.0 Å². The first-order valence-corrected chi connectivity index (χ1v) is 8.96. The number of esters is 1. The molecule has 24 heavy (non-hydrogen) atoms. The molecule has 0 saturated heterocycles. The highest BCUT2D eigenvalue weighted by Gasteiger charge is 2.17. The second-order valence-corrected chi connectivity index (χ2v) is 6.81. The molecule has 0 amide bonds. The lowest BCUT2D eigenvalue weighted by Gasteiger charge is -2.15. The Kier molecular flexibility index (Phi) is 7.07. The first-order chi connectivity index (χ1) is 11.6. The van der Waals surface area contributed by atoms with Crippen LogP contribution in [0.15, 0.2) is 54.6 Å². The number of thioether (sulfide) groups is 1. The van der Waals surface area contributed by atoms with E-state index in [1.807, 2.05) is 30.3 Å². The zero-order chi connectivity index (χ0) is 17.4. The van der Waals surface area contributed by atoms with Gasteiger partial charge in [-0.1, -0.05) is 66.4 Å². The summed E-state index contributed by atoms with van der Waals surface area (Å²) < 4.78 is 4.98. The van der Waals surface area contributed by atoms with Gasteiger partial charge in [-0.15, -0.1) is 0 Å². The van der Waals surface area contributed by atoms with Crippen LogP contribution in [0.3, 0.4) is 0 Å². The van der Waals surface area contributed by atoms with Gasteiger partial charge in [0.05, 0.1) is 6.61 Å².